The van der Waals surface area contributed by atoms with E-state index >= 15 is 0 Å². The van der Waals surface area contributed by atoms with Crippen LogP contribution in [0.25, 0.3) is 0 Å². The van der Waals surface area contributed by atoms with Crippen LogP contribution in [0.15, 0.2) is 41.5 Å². The maximum absolute atomic E-state index is 5.95. The van der Waals surface area contributed by atoms with Crippen LogP contribution in [0.2, 0.25) is 0 Å². The highest BCUT2D eigenvalue weighted by molar-refractivity contribution is 5.49. The molecule has 0 fully saturated rings. The lowest BCUT2D eigenvalue weighted by atomic mass is 10.0. The van der Waals surface area contributed by atoms with Crippen molar-refractivity contribution in [2.75, 3.05) is 12.3 Å². The molecule has 2 heterocycles. The van der Waals surface area contributed by atoms with Crippen LogP contribution in [-0.4, -0.2) is 11.5 Å². The fourth-order valence-electron chi connectivity index (χ4n) is 1.71. The van der Waals surface area contributed by atoms with E-state index in [2.05, 4.69) is 17.2 Å². The minimum absolute atomic E-state index is 0.0393. The molecule has 2 rings (SSSR count). The van der Waals surface area contributed by atoms with Crippen molar-refractivity contribution in [3.05, 3.63) is 48.2 Å². The Balaban J connectivity index is 2.37. The maximum Gasteiger partial charge on any atom is 0.0953 e. The normalized spacial score (nSPS) is 12.6. The number of pyridine rings is 1. The van der Waals surface area contributed by atoms with E-state index in [1.165, 1.54) is 0 Å². The van der Waals surface area contributed by atoms with Crippen molar-refractivity contribution < 1.29 is 4.42 Å². The van der Waals surface area contributed by atoms with Gasteiger partial charge in [0.2, 0.25) is 0 Å². The Hall–Kier alpha value is -1.81. The highest BCUT2D eigenvalue weighted by Gasteiger charge is 2.16. The highest BCUT2D eigenvalue weighted by Crippen LogP contribution is 2.25. The Labute approximate surface area is 94.5 Å². The molecule has 0 aliphatic heterocycles. The first-order valence-corrected chi connectivity index (χ1v) is 5.27. The Bertz CT molecular complexity index is 439. The van der Waals surface area contributed by atoms with Crippen molar-refractivity contribution in [1.29, 1.82) is 0 Å². The van der Waals surface area contributed by atoms with E-state index in [1.54, 1.807) is 31.0 Å². The molecule has 1 unspecified atom stereocenters. The number of aromatic nitrogens is 1. The number of nitrogens with zero attached hydrogens (tertiary/aromatic N) is 1. The van der Waals surface area contributed by atoms with Gasteiger partial charge in [-0.25, -0.2) is 0 Å². The number of nitrogen functional groups attached to an aromatic ring is 1. The molecule has 0 aliphatic rings. The predicted molar refractivity (Wildman–Crippen MR) is 62.9 cm³/mol. The average Bonchev–Trinajstić information content (AvgIpc) is 2.80. The third kappa shape index (κ3) is 2.06. The molecular weight excluding hydrogens is 202 g/mol. The molecule has 0 radical (unpaired) electrons. The largest absolute Gasteiger partial charge is 0.472 e. The molecule has 4 nitrogen and oxygen atoms in total. The number of nitrogens with one attached hydrogen (secondary N) is 1. The smallest absolute Gasteiger partial charge is 0.0953 e. The van der Waals surface area contributed by atoms with Crippen LogP contribution in [-0.2, 0) is 0 Å². The summed E-state index contributed by atoms with van der Waals surface area (Å²) in [6.07, 6.45) is 6.86. The first-order chi connectivity index (χ1) is 7.83. The third-order valence-corrected chi connectivity index (χ3v) is 2.48. The van der Waals surface area contributed by atoms with Crippen LogP contribution in [0.1, 0.15) is 24.1 Å². The van der Waals surface area contributed by atoms with Gasteiger partial charge in [-0.1, -0.05) is 6.92 Å². The summed E-state index contributed by atoms with van der Waals surface area (Å²) in [5.41, 5.74) is 8.72. The first kappa shape index (κ1) is 10.7. The molecule has 0 aliphatic carbocycles. The van der Waals surface area contributed by atoms with Gasteiger partial charge < -0.3 is 15.5 Å². The summed E-state index contributed by atoms with van der Waals surface area (Å²) in [5, 5.41) is 3.36. The molecular formula is C12H15N3O. The van der Waals surface area contributed by atoms with Gasteiger partial charge in [0, 0.05) is 29.2 Å². The van der Waals surface area contributed by atoms with E-state index < -0.39 is 0 Å². The summed E-state index contributed by atoms with van der Waals surface area (Å²) in [5.74, 6) is 0. The highest BCUT2D eigenvalue weighted by atomic mass is 16.3. The van der Waals surface area contributed by atoms with E-state index in [0.717, 1.165) is 23.4 Å². The SMILES string of the molecule is CCNC(c1ccoc1)c1cnccc1N. The number of rotatable bonds is 4. The van der Waals surface area contributed by atoms with Gasteiger partial charge in [-0.3, -0.25) is 4.98 Å². The van der Waals surface area contributed by atoms with E-state index in [0.29, 0.717) is 0 Å². The molecule has 0 bridgehead atoms. The van der Waals surface area contributed by atoms with Gasteiger partial charge in [0.1, 0.15) is 0 Å². The molecule has 3 N–H and O–H groups in total. The standard InChI is InChI=1S/C12H15N3O/c1-2-15-12(9-4-6-16-8-9)10-7-14-5-3-11(10)13/h3-8,12,15H,2H2,1H3,(H2,13,14). The number of hydrogen-bond donors (Lipinski definition) is 2. The molecule has 1 atom stereocenters. The van der Waals surface area contributed by atoms with Gasteiger partial charge in [-0.15, -0.1) is 0 Å². The summed E-state index contributed by atoms with van der Waals surface area (Å²) in [6, 6.07) is 3.77. The minimum atomic E-state index is 0.0393. The maximum atomic E-state index is 5.95. The lowest BCUT2D eigenvalue weighted by Crippen LogP contribution is -2.22. The number of hydrogen-bond acceptors (Lipinski definition) is 4. The summed E-state index contributed by atoms with van der Waals surface area (Å²) < 4.78 is 5.10. The lowest BCUT2D eigenvalue weighted by Gasteiger charge is -2.17. The molecule has 2 aromatic heterocycles. The molecule has 16 heavy (non-hydrogen) atoms. The van der Waals surface area contributed by atoms with Crippen molar-refractivity contribution in [2.45, 2.75) is 13.0 Å². The molecule has 0 saturated carbocycles. The zero-order valence-electron chi connectivity index (χ0n) is 9.18. The Kier molecular flexibility index (Phi) is 3.22. The van der Waals surface area contributed by atoms with Gasteiger partial charge in [-0.2, -0.15) is 0 Å². The van der Waals surface area contributed by atoms with E-state index in [1.807, 2.05) is 6.07 Å². The second-order valence-electron chi connectivity index (χ2n) is 3.55. The third-order valence-electron chi connectivity index (χ3n) is 2.48. The average molecular weight is 217 g/mol. The van der Waals surface area contributed by atoms with Crippen LogP contribution in [0.3, 0.4) is 0 Å². The molecule has 84 valence electrons. The van der Waals surface area contributed by atoms with E-state index in [-0.39, 0.29) is 6.04 Å². The topological polar surface area (TPSA) is 64.1 Å². The van der Waals surface area contributed by atoms with Crippen molar-refractivity contribution in [3.8, 4) is 0 Å². The molecule has 0 amide bonds. The van der Waals surface area contributed by atoms with Gasteiger partial charge in [0.05, 0.1) is 18.6 Å². The van der Waals surface area contributed by atoms with Crippen LogP contribution in [0, 0.1) is 0 Å². The monoisotopic (exact) mass is 217 g/mol. The van der Waals surface area contributed by atoms with Crippen molar-refractivity contribution in [1.82, 2.24) is 10.3 Å². The zero-order chi connectivity index (χ0) is 11.4. The van der Waals surface area contributed by atoms with Crippen LogP contribution in [0.4, 0.5) is 5.69 Å². The fraction of sp³-hybridized carbons (Fsp3) is 0.250. The van der Waals surface area contributed by atoms with Crippen molar-refractivity contribution in [2.24, 2.45) is 0 Å². The Morgan fingerprint density at radius 3 is 3.00 bits per heavy atom. The molecule has 2 aromatic rings. The zero-order valence-corrected chi connectivity index (χ0v) is 9.18. The lowest BCUT2D eigenvalue weighted by molar-refractivity contribution is 0.553. The number of anilines is 1. The van der Waals surface area contributed by atoms with Gasteiger partial charge >= 0.3 is 0 Å². The quantitative estimate of drug-likeness (QED) is 0.821. The minimum Gasteiger partial charge on any atom is -0.472 e. The molecule has 0 spiro atoms. The van der Waals surface area contributed by atoms with E-state index in [9.17, 15) is 0 Å². The summed E-state index contributed by atoms with van der Waals surface area (Å²) in [4.78, 5) is 4.11. The number of furan rings is 1. The Morgan fingerprint density at radius 1 is 1.50 bits per heavy atom. The van der Waals surface area contributed by atoms with E-state index in [4.69, 9.17) is 10.2 Å². The second-order valence-corrected chi connectivity index (χ2v) is 3.55. The van der Waals surface area contributed by atoms with Crippen LogP contribution >= 0.6 is 0 Å². The van der Waals surface area contributed by atoms with Gasteiger partial charge in [0.15, 0.2) is 0 Å². The molecule has 0 saturated heterocycles. The van der Waals surface area contributed by atoms with Gasteiger partial charge in [-0.05, 0) is 18.7 Å². The summed E-state index contributed by atoms with van der Waals surface area (Å²) >= 11 is 0. The summed E-state index contributed by atoms with van der Waals surface area (Å²) in [7, 11) is 0. The summed E-state index contributed by atoms with van der Waals surface area (Å²) in [6.45, 7) is 2.91. The van der Waals surface area contributed by atoms with Gasteiger partial charge in [0.25, 0.3) is 0 Å². The molecule has 0 aromatic carbocycles. The van der Waals surface area contributed by atoms with Crippen LogP contribution < -0.4 is 11.1 Å². The molecule has 4 heteroatoms. The first-order valence-electron chi connectivity index (χ1n) is 5.27. The van der Waals surface area contributed by atoms with Crippen molar-refractivity contribution >= 4 is 5.69 Å². The Morgan fingerprint density at radius 2 is 2.38 bits per heavy atom. The number of nitrogens with two attached hydrogens (primary N) is 1. The van der Waals surface area contributed by atoms with Crippen LogP contribution in [0.5, 0.6) is 0 Å². The van der Waals surface area contributed by atoms with Crippen molar-refractivity contribution in [3.63, 3.8) is 0 Å². The fourth-order valence-corrected chi connectivity index (χ4v) is 1.71. The predicted octanol–water partition coefficient (Wildman–Crippen LogP) is 1.96. The second kappa shape index (κ2) is 4.81.